The molecular formula is C15H16BrNO. The third-order valence-electron chi connectivity index (χ3n) is 3.81. The van der Waals surface area contributed by atoms with Crippen LogP contribution in [0.4, 0.5) is 0 Å². The monoisotopic (exact) mass is 305 g/mol. The molecule has 0 radical (unpaired) electrons. The molecule has 1 aromatic heterocycles. The molecule has 0 spiro atoms. The van der Waals surface area contributed by atoms with Crippen LogP contribution in [-0.2, 0) is 0 Å². The van der Waals surface area contributed by atoms with E-state index in [-0.39, 0.29) is 0 Å². The van der Waals surface area contributed by atoms with Crippen LogP contribution in [0.5, 0.6) is 5.75 Å². The first kappa shape index (κ1) is 12.0. The van der Waals surface area contributed by atoms with Crippen molar-refractivity contribution in [1.29, 1.82) is 0 Å². The van der Waals surface area contributed by atoms with Gasteiger partial charge in [0.15, 0.2) is 0 Å². The van der Waals surface area contributed by atoms with E-state index in [4.69, 9.17) is 4.74 Å². The summed E-state index contributed by atoms with van der Waals surface area (Å²) in [5.41, 5.74) is 1.37. The van der Waals surface area contributed by atoms with Crippen LogP contribution in [0.15, 0.2) is 36.5 Å². The molecule has 1 heterocycles. The molecule has 1 aliphatic rings. The molecule has 0 saturated heterocycles. The van der Waals surface area contributed by atoms with E-state index in [1.54, 1.807) is 0 Å². The van der Waals surface area contributed by atoms with Crippen LogP contribution in [0, 0.1) is 5.41 Å². The summed E-state index contributed by atoms with van der Waals surface area (Å²) in [7, 11) is 0. The van der Waals surface area contributed by atoms with E-state index < -0.39 is 0 Å². The Kier molecular flexibility index (Phi) is 3.25. The highest BCUT2D eigenvalue weighted by molar-refractivity contribution is 9.09. The van der Waals surface area contributed by atoms with Crippen molar-refractivity contribution in [1.82, 2.24) is 4.98 Å². The Balaban J connectivity index is 1.74. The molecular weight excluding hydrogens is 290 g/mol. The molecule has 0 aliphatic heterocycles. The summed E-state index contributed by atoms with van der Waals surface area (Å²) >= 11 is 3.60. The second kappa shape index (κ2) is 4.88. The Bertz CT molecular complexity index is 545. The highest BCUT2D eigenvalue weighted by Crippen LogP contribution is 2.42. The van der Waals surface area contributed by atoms with Gasteiger partial charge in [-0.1, -0.05) is 40.5 Å². The number of hydrogen-bond acceptors (Lipinski definition) is 2. The standard InChI is InChI=1S/C15H16BrNO/c16-10-15(6-3-7-15)11-18-13-8-12-4-1-2-5-14(12)17-9-13/h1-2,4-5,8-9H,3,6-7,10-11H2. The zero-order valence-electron chi connectivity index (χ0n) is 10.2. The minimum atomic E-state index is 0.353. The summed E-state index contributed by atoms with van der Waals surface area (Å²) in [6, 6.07) is 10.2. The third kappa shape index (κ3) is 2.24. The molecule has 1 aliphatic carbocycles. The van der Waals surface area contributed by atoms with Crippen LogP contribution in [0.1, 0.15) is 19.3 Å². The van der Waals surface area contributed by atoms with Crippen molar-refractivity contribution in [3.8, 4) is 5.75 Å². The largest absolute Gasteiger partial charge is 0.491 e. The number of ether oxygens (including phenoxy) is 1. The number of hydrogen-bond donors (Lipinski definition) is 0. The van der Waals surface area contributed by atoms with Gasteiger partial charge in [0.25, 0.3) is 0 Å². The van der Waals surface area contributed by atoms with E-state index in [2.05, 4.69) is 33.0 Å². The van der Waals surface area contributed by atoms with E-state index in [9.17, 15) is 0 Å². The maximum atomic E-state index is 5.92. The number of pyridine rings is 1. The van der Waals surface area contributed by atoms with Gasteiger partial charge in [-0.25, -0.2) is 0 Å². The van der Waals surface area contributed by atoms with Gasteiger partial charge in [-0.3, -0.25) is 4.98 Å². The number of benzene rings is 1. The Hall–Kier alpha value is -1.09. The van der Waals surface area contributed by atoms with E-state index in [1.165, 1.54) is 19.3 Å². The van der Waals surface area contributed by atoms with Crippen LogP contribution in [0.3, 0.4) is 0 Å². The lowest BCUT2D eigenvalue weighted by Crippen LogP contribution is -2.37. The van der Waals surface area contributed by atoms with Gasteiger partial charge >= 0.3 is 0 Å². The summed E-state index contributed by atoms with van der Waals surface area (Å²) in [6.07, 6.45) is 5.67. The van der Waals surface area contributed by atoms with Gasteiger partial charge in [-0.05, 0) is 25.0 Å². The van der Waals surface area contributed by atoms with Gasteiger partial charge in [-0.2, -0.15) is 0 Å². The van der Waals surface area contributed by atoms with Gasteiger partial charge in [0.1, 0.15) is 5.75 Å². The quantitative estimate of drug-likeness (QED) is 0.791. The lowest BCUT2D eigenvalue weighted by molar-refractivity contribution is 0.0837. The van der Waals surface area contributed by atoms with Gasteiger partial charge in [0, 0.05) is 16.1 Å². The van der Waals surface area contributed by atoms with E-state index >= 15 is 0 Å². The minimum absolute atomic E-state index is 0.353. The normalized spacial score (nSPS) is 17.4. The summed E-state index contributed by atoms with van der Waals surface area (Å²) in [4.78, 5) is 4.41. The summed E-state index contributed by atoms with van der Waals surface area (Å²) in [5.74, 6) is 0.876. The fraction of sp³-hybridized carbons (Fsp3) is 0.400. The van der Waals surface area contributed by atoms with Crippen molar-refractivity contribution < 1.29 is 4.74 Å². The van der Waals surface area contributed by atoms with Crippen molar-refractivity contribution in [2.24, 2.45) is 5.41 Å². The zero-order chi connectivity index (χ0) is 12.4. The highest BCUT2D eigenvalue weighted by Gasteiger charge is 2.36. The molecule has 0 atom stereocenters. The van der Waals surface area contributed by atoms with Crippen LogP contribution in [0.2, 0.25) is 0 Å². The number of rotatable bonds is 4. The van der Waals surface area contributed by atoms with Crippen LogP contribution in [-0.4, -0.2) is 16.9 Å². The number of aromatic nitrogens is 1. The Labute approximate surface area is 115 Å². The molecule has 3 rings (SSSR count). The fourth-order valence-electron chi connectivity index (χ4n) is 2.36. The molecule has 0 N–H and O–H groups in total. The van der Waals surface area contributed by atoms with Crippen molar-refractivity contribution in [3.63, 3.8) is 0 Å². The van der Waals surface area contributed by atoms with Crippen molar-refractivity contribution in [3.05, 3.63) is 36.5 Å². The van der Waals surface area contributed by atoms with Crippen LogP contribution in [0.25, 0.3) is 10.9 Å². The second-order valence-corrected chi connectivity index (χ2v) is 5.70. The first-order valence-corrected chi connectivity index (χ1v) is 7.47. The highest BCUT2D eigenvalue weighted by atomic mass is 79.9. The molecule has 2 aromatic rings. The molecule has 0 amide bonds. The Morgan fingerprint density at radius 2 is 2.11 bits per heavy atom. The predicted molar refractivity (Wildman–Crippen MR) is 77.3 cm³/mol. The number of halogens is 1. The smallest absolute Gasteiger partial charge is 0.138 e. The average molecular weight is 306 g/mol. The maximum absolute atomic E-state index is 5.92. The predicted octanol–water partition coefficient (Wildman–Crippen LogP) is 4.18. The van der Waals surface area contributed by atoms with Gasteiger partial charge in [-0.15, -0.1) is 0 Å². The first-order valence-electron chi connectivity index (χ1n) is 6.35. The summed E-state index contributed by atoms with van der Waals surface area (Å²) in [5, 5.41) is 2.16. The van der Waals surface area contributed by atoms with Gasteiger partial charge in [0.2, 0.25) is 0 Å². The molecule has 18 heavy (non-hydrogen) atoms. The number of nitrogens with zero attached hydrogens (tertiary/aromatic N) is 1. The molecule has 1 aromatic carbocycles. The lowest BCUT2D eigenvalue weighted by atomic mass is 9.71. The molecule has 3 heteroatoms. The number of para-hydroxylation sites is 1. The van der Waals surface area contributed by atoms with Gasteiger partial charge < -0.3 is 4.74 Å². The molecule has 1 saturated carbocycles. The lowest BCUT2D eigenvalue weighted by Gasteiger charge is -2.39. The Morgan fingerprint density at radius 1 is 1.28 bits per heavy atom. The van der Waals surface area contributed by atoms with Crippen molar-refractivity contribution >= 4 is 26.8 Å². The van der Waals surface area contributed by atoms with Crippen LogP contribution < -0.4 is 4.74 Å². The van der Waals surface area contributed by atoms with E-state index in [0.29, 0.717) is 5.41 Å². The molecule has 94 valence electrons. The minimum Gasteiger partial charge on any atom is -0.491 e. The fourth-order valence-corrected chi connectivity index (χ4v) is 3.08. The summed E-state index contributed by atoms with van der Waals surface area (Å²) in [6.45, 7) is 0.790. The second-order valence-electron chi connectivity index (χ2n) is 5.14. The van der Waals surface area contributed by atoms with Crippen LogP contribution >= 0.6 is 15.9 Å². The van der Waals surface area contributed by atoms with E-state index in [0.717, 1.165) is 28.6 Å². The molecule has 1 fully saturated rings. The topological polar surface area (TPSA) is 22.1 Å². The Morgan fingerprint density at radius 3 is 2.83 bits per heavy atom. The zero-order valence-corrected chi connectivity index (χ0v) is 11.8. The van der Waals surface area contributed by atoms with E-state index in [1.807, 2.05) is 24.4 Å². The number of fused-ring (bicyclic) bond motifs is 1. The molecule has 2 nitrogen and oxygen atoms in total. The van der Waals surface area contributed by atoms with Crippen molar-refractivity contribution in [2.75, 3.05) is 11.9 Å². The third-order valence-corrected chi connectivity index (χ3v) is 5.00. The SMILES string of the molecule is BrCC1(COc2cnc3ccccc3c2)CCC1. The first-order chi connectivity index (χ1) is 8.81. The van der Waals surface area contributed by atoms with Gasteiger partial charge in [0.05, 0.1) is 18.3 Å². The summed E-state index contributed by atoms with van der Waals surface area (Å²) < 4.78 is 5.92. The molecule has 0 unspecified atom stereocenters. The molecule has 0 bridgehead atoms. The average Bonchev–Trinajstić information content (AvgIpc) is 2.38. The maximum Gasteiger partial charge on any atom is 0.138 e. The van der Waals surface area contributed by atoms with Crippen molar-refractivity contribution in [2.45, 2.75) is 19.3 Å². The number of alkyl halides is 1.